The molecule has 1 aliphatic heterocycles. The molecule has 4 atom stereocenters. The summed E-state index contributed by atoms with van der Waals surface area (Å²) in [7, 11) is 0. The second-order valence-electron chi connectivity index (χ2n) is 5.38. The number of nitrogens with one attached hydrogen (secondary N) is 1. The molecule has 25 heavy (non-hydrogen) atoms. The van der Waals surface area contributed by atoms with E-state index in [0.717, 1.165) is 0 Å². The fourth-order valence-electron chi connectivity index (χ4n) is 2.77. The average Bonchev–Trinajstić information content (AvgIpc) is 3.15. The van der Waals surface area contributed by atoms with Gasteiger partial charge in [0.2, 0.25) is 5.95 Å². The number of nitrogens with zero attached hydrogens (tertiary/aromatic N) is 3. The Balaban J connectivity index is 2.01. The van der Waals surface area contributed by atoms with Crippen LogP contribution in [0.25, 0.3) is 11.2 Å². The second kappa shape index (κ2) is 7.42. The van der Waals surface area contributed by atoms with Crippen molar-refractivity contribution in [2.75, 3.05) is 18.9 Å². The molecule has 2 aromatic rings. The number of rotatable bonds is 6. The number of imidazole rings is 1. The number of nitrogen functional groups attached to an aromatic ring is 1. The fraction of sp³-hybridized carbons (Fsp3) is 0.500. The lowest BCUT2D eigenvalue weighted by atomic mass is 10.1. The van der Waals surface area contributed by atoms with E-state index in [-0.39, 0.29) is 30.3 Å². The third-order valence-electron chi connectivity index (χ3n) is 3.87. The molecule has 3 heterocycles. The van der Waals surface area contributed by atoms with Crippen molar-refractivity contribution in [3.8, 4) is 12.3 Å². The fourth-order valence-corrected chi connectivity index (χ4v) is 3.02. The summed E-state index contributed by atoms with van der Waals surface area (Å²) in [4.78, 5) is 22.5. The highest BCUT2D eigenvalue weighted by Gasteiger charge is 2.47. The maximum Gasteiger partial charge on any atom is 0.280 e. The molecule has 134 valence electrons. The van der Waals surface area contributed by atoms with Crippen LogP contribution in [0.5, 0.6) is 0 Å². The van der Waals surface area contributed by atoms with Crippen molar-refractivity contribution in [2.45, 2.75) is 31.0 Å². The Morgan fingerprint density at radius 1 is 1.56 bits per heavy atom. The van der Waals surface area contributed by atoms with Crippen LogP contribution >= 0.6 is 12.9 Å². The standard InChI is InChI=1S/C14H17N5O5S/c1-2-3-4-22-10-9(24-25)7(5-20)23-13(10)19-6-16-8-11(19)17-14(15)18-12(8)21/h1,6-7,9-10,13,20,25H,3-5H2,(H3,15,17,18,21)/t7-,9?,10?,13-/m1/s1. The summed E-state index contributed by atoms with van der Waals surface area (Å²) in [6.45, 7) is -0.0465. The Kier molecular flexibility index (Phi) is 5.26. The number of H-pyrrole nitrogens is 1. The highest BCUT2D eigenvalue weighted by molar-refractivity contribution is 7.75. The van der Waals surface area contributed by atoms with Crippen LogP contribution in [-0.2, 0) is 13.7 Å². The molecule has 0 aliphatic carbocycles. The topological polar surface area (TPSA) is 138 Å². The van der Waals surface area contributed by atoms with Crippen LogP contribution < -0.4 is 11.3 Å². The monoisotopic (exact) mass is 367 g/mol. The number of hydrogen-bond donors (Lipinski definition) is 4. The lowest BCUT2D eigenvalue weighted by molar-refractivity contribution is -0.0686. The van der Waals surface area contributed by atoms with Gasteiger partial charge in [0.1, 0.15) is 18.3 Å². The van der Waals surface area contributed by atoms with Gasteiger partial charge in [-0.05, 0) is 12.9 Å². The van der Waals surface area contributed by atoms with Crippen LogP contribution in [0.15, 0.2) is 11.1 Å². The number of ether oxygens (including phenoxy) is 2. The molecule has 11 heteroatoms. The molecule has 0 aromatic carbocycles. The van der Waals surface area contributed by atoms with Crippen LogP contribution in [0, 0.1) is 12.3 Å². The van der Waals surface area contributed by atoms with Crippen molar-refractivity contribution in [3.05, 3.63) is 16.7 Å². The molecule has 0 amide bonds. The Morgan fingerprint density at radius 3 is 3.04 bits per heavy atom. The van der Waals surface area contributed by atoms with Crippen LogP contribution in [0.3, 0.4) is 0 Å². The minimum Gasteiger partial charge on any atom is -0.394 e. The van der Waals surface area contributed by atoms with Crippen molar-refractivity contribution in [1.29, 1.82) is 0 Å². The quantitative estimate of drug-likeness (QED) is 0.226. The first-order chi connectivity index (χ1) is 12.1. The SMILES string of the molecule is C#CCCOC1C(OS)[C@@H](CO)O[C@H]1n1cnc2c(=O)[nH]c(N)nc21. The molecule has 0 saturated carbocycles. The first kappa shape index (κ1) is 17.7. The molecule has 1 fully saturated rings. The summed E-state index contributed by atoms with van der Waals surface area (Å²) in [5.41, 5.74) is 5.48. The van der Waals surface area contributed by atoms with E-state index in [0.29, 0.717) is 6.42 Å². The van der Waals surface area contributed by atoms with Crippen LogP contribution in [0.1, 0.15) is 12.6 Å². The molecular weight excluding hydrogens is 350 g/mol. The Hall–Kier alpha value is -2.10. The Bertz CT molecular complexity index is 846. The van der Waals surface area contributed by atoms with Gasteiger partial charge in [-0.15, -0.1) is 12.3 Å². The van der Waals surface area contributed by atoms with Gasteiger partial charge in [-0.1, -0.05) is 0 Å². The summed E-state index contributed by atoms with van der Waals surface area (Å²) >= 11 is 3.85. The van der Waals surface area contributed by atoms with Crippen LogP contribution in [0.2, 0.25) is 0 Å². The smallest absolute Gasteiger partial charge is 0.280 e. The molecular formula is C14H17N5O5S. The summed E-state index contributed by atoms with van der Waals surface area (Å²) in [5, 5.41) is 9.53. The molecule has 10 nitrogen and oxygen atoms in total. The molecule has 4 N–H and O–H groups in total. The lowest BCUT2D eigenvalue weighted by Gasteiger charge is -2.23. The van der Waals surface area contributed by atoms with Gasteiger partial charge < -0.3 is 24.5 Å². The number of aliphatic hydroxyl groups excluding tert-OH is 1. The van der Waals surface area contributed by atoms with E-state index in [2.05, 4.69) is 33.8 Å². The van der Waals surface area contributed by atoms with Crippen molar-refractivity contribution in [2.24, 2.45) is 0 Å². The van der Waals surface area contributed by atoms with Gasteiger partial charge >= 0.3 is 0 Å². The third-order valence-corrected chi connectivity index (χ3v) is 4.11. The molecule has 1 saturated heterocycles. The van der Waals surface area contributed by atoms with E-state index >= 15 is 0 Å². The third kappa shape index (κ3) is 3.22. The van der Waals surface area contributed by atoms with Gasteiger partial charge in [-0.3, -0.25) is 14.3 Å². The Labute approximate surface area is 147 Å². The van der Waals surface area contributed by atoms with E-state index in [1.807, 2.05) is 0 Å². The number of fused-ring (bicyclic) bond motifs is 1. The van der Waals surface area contributed by atoms with Crippen molar-refractivity contribution in [1.82, 2.24) is 19.5 Å². The first-order valence-corrected chi connectivity index (χ1v) is 7.81. The maximum atomic E-state index is 11.9. The summed E-state index contributed by atoms with van der Waals surface area (Å²) < 4.78 is 18.2. The minimum atomic E-state index is -0.759. The number of hydrogen-bond acceptors (Lipinski definition) is 9. The highest BCUT2D eigenvalue weighted by Crippen LogP contribution is 2.35. The van der Waals surface area contributed by atoms with Gasteiger partial charge in [-0.25, -0.2) is 4.98 Å². The highest BCUT2D eigenvalue weighted by atomic mass is 32.1. The molecule has 2 aromatic heterocycles. The van der Waals surface area contributed by atoms with E-state index in [1.54, 1.807) is 0 Å². The van der Waals surface area contributed by atoms with E-state index in [9.17, 15) is 9.90 Å². The number of terminal acetylenes is 1. The van der Waals surface area contributed by atoms with E-state index < -0.39 is 30.1 Å². The second-order valence-corrected chi connectivity index (χ2v) is 5.59. The van der Waals surface area contributed by atoms with E-state index in [4.69, 9.17) is 25.8 Å². The minimum absolute atomic E-state index is 0.0530. The van der Waals surface area contributed by atoms with Crippen LogP contribution in [0.4, 0.5) is 5.95 Å². The largest absolute Gasteiger partial charge is 0.394 e. The molecule has 3 rings (SSSR count). The molecule has 0 radical (unpaired) electrons. The molecule has 0 spiro atoms. The maximum absolute atomic E-state index is 11.9. The van der Waals surface area contributed by atoms with Crippen molar-refractivity contribution in [3.63, 3.8) is 0 Å². The van der Waals surface area contributed by atoms with E-state index in [1.165, 1.54) is 10.9 Å². The number of anilines is 1. The zero-order chi connectivity index (χ0) is 18.0. The average molecular weight is 367 g/mol. The number of aromatic amines is 1. The van der Waals surface area contributed by atoms with Gasteiger partial charge in [-0.2, -0.15) is 4.98 Å². The predicted molar refractivity (Wildman–Crippen MR) is 90.6 cm³/mol. The van der Waals surface area contributed by atoms with Gasteiger partial charge in [0.15, 0.2) is 17.4 Å². The number of nitrogens with two attached hydrogens (primary N) is 1. The number of aliphatic hydroxyl groups is 1. The zero-order valence-electron chi connectivity index (χ0n) is 13.0. The normalized spacial score (nSPS) is 26.1. The number of aromatic nitrogens is 4. The number of thiol groups is 1. The zero-order valence-corrected chi connectivity index (χ0v) is 13.9. The van der Waals surface area contributed by atoms with Gasteiger partial charge in [0.05, 0.1) is 19.5 Å². The van der Waals surface area contributed by atoms with Crippen molar-refractivity contribution < 1.29 is 18.8 Å². The predicted octanol–water partition coefficient (Wildman–Crippen LogP) is -0.770. The summed E-state index contributed by atoms with van der Waals surface area (Å²) in [6, 6.07) is 0. The molecule has 1 aliphatic rings. The summed E-state index contributed by atoms with van der Waals surface area (Å²) in [6.07, 6.45) is 4.28. The van der Waals surface area contributed by atoms with Crippen LogP contribution in [-0.4, -0.2) is 56.2 Å². The Morgan fingerprint density at radius 2 is 2.36 bits per heavy atom. The van der Waals surface area contributed by atoms with Gasteiger partial charge in [0, 0.05) is 6.42 Å². The van der Waals surface area contributed by atoms with Crippen molar-refractivity contribution >= 4 is 30.0 Å². The molecule has 0 bridgehead atoms. The molecule has 2 unspecified atom stereocenters. The van der Waals surface area contributed by atoms with Gasteiger partial charge in [0.25, 0.3) is 5.56 Å². The summed E-state index contributed by atoms with van der Waals surface area (Å²) in [5.74, 6) is 2.42. The lowest BCUT2D eigenvalue weighted by Crippen LogP contribution is -2.36. The first-order valence-electron chi connectivity index (χ1n) is 7.44.